The van der Waals surface area contributed by atoms with E-state index in [-0.39, 0.29) is 0 Å². The number of thioether (sulfide) groups is 1. The van der Waals surface area contributed by atoms with E-state index in [2.05, 4.69) is 32.7 Å². The average molecular weight is 341 g/mol. The molecule has 0 radical (unpaired) electrons. The van der Waals surface area contributed by atoms with E-state index in [0.29, 0.717) is 22.5 Å². The Hall–Kier alpha value is -1.47. The fourth-order valence-electron chi connectivity index (χ4n) is 1.53. The van der Waals surface area contributed by atoms with Crippen LogP contribution in [0, 0.1) is 0 Å². The van der Waals surface area contributed by atoms with Crippen LogP contribution in [0.25, 0.3) is 11.4 Å². The van der Waals surface area contributed by atoms with Crippen molar-refractivity contribution in [1.82, 2.24) is 14.9 Å². The molecule has 0 atom stereocenters. The standard InChI is InChI=1S/C12H13BrN4OS/c1-8(13)7-19-12-16-15-11(17(12)14)9-5-3-4-6-10(9)18-2/h3-6H,1,7,14H2,2H3. The molecular weight excluding hydrogens is 328 g/mol. The average Bonchev–Trinajstić information content (AvgIpc) is 2.77. The number of aromatic nitrogens is 3. The van der Waals surface area contributed by atoms with Crippen LogP contribution in [0.3, 0.4) is 0 Å². The molecule has 2 aromatic rings. The van der Waals surface area contributed by atoms with Gasteiger partial charge in [-0.2, -0.15) is 0 Å². The molecular formula is C12H13BrN4OS. The minimum Gasteiger partial charge on any atom is -0.496 e. The highest BCUT2D eigenvalue weighted by molar-refractivity contribution is 9.11. The van der Waals surface area contributed by atoms with Gasteiger partial charge >= 0.3 is 0 Å². The molecule has 1 heterocycles. The lowest BCUT2D eigenvalue weighted by molar-refractivity contribution is 0.416. The topological polar surface area (TPSA) is 66.0 Å². The van der Waals surface area contributed by atoms with E-state index in [1.807, 2.05) is 24.3 Å². The predicted molar refractivity (Wildman–Crippen MR) is 81.0 cm³/mol. The molecule has 0 saturated carbocycles. The first kappa shape index (κ1) is 14.0. The molecule has 0 bridgehead atoms. The minimum atomic E-state index is 0.570. The summed E-state index contributed by atoms with van der Waals surface area (Å²) >= 11 is 4.76. The molecule has 1 aromatic carbocycles. The lowest BCUT2D eigenvalue weighted by atomic mass is 10.2. The van der Waals surface area contributed by atoms with Crippen LogP contribution in [0.1, 0.15) is 0 Å². The third-order valence-corrected chi connectivity index (χ3v) is 4.05. The zero-order valence-corrected chi connectivity index (χ0v) is 12.7. The largest absolute Gasteiger partial charge is 0.496 e. The number of para-hydroxylation sites is 1. The molecule has 19 heavy (non-hydrogen) atoms. The van der Waals surface area contributed by atoms with Crippen LogP contribution in [-0.4, -0.2) is 27.7 Å². The second kappa shape index (κ2) is 6.12. The SMILES string of the molecule is C=C(Br)CSc1nnc(-c2ccccc2OC)n1N. The monoisotopic (exact) mass is 340 g/mol. The van der Waals surface area contributed by atoms with Gasteiger partial charge in [0.2, 0.25) is 5.16 Å². The van der Waals surface area contributed by atoms with Crippen LogP contribution in [0.2, 0.25) is 0 Å². The van der Waals surface area contributed by atoms with Crippen molar-refractivity contribution in [2.45, 2.75) is 5.16 Å². The fourth-order valence-corrected chi connectivity index (χ4v) is 2.48. The number of nitrogens with zero attached hydrogens (tertiary/aromatic N) is 3. The first-order chi connectivity index (χ1) is 9.13. The van der Waals surface area contributed by atoms with Gasteiger partial charge in [0.1, 0.15) is 5.75 Å². The van der Waals surface area contributed by atoms with E-state index in [9.17, 15) is 0 Å². The lowest BCUT2D eigenvalue weighted by Gasteiger charge is -2.07. The molecule has 0 aliphatic carbocycles. The number of nitrogens with two attached hydrogens (primary N) is 1. The van der Waals surface area contributed by atoms with Crippen molar-refractivity contribution in [3.8, 4) is 17.1 Å². The van der Waals surface area contributed by atoms with E-state index >= 15 is 0 Å². The summed E-state index contributed by atoms with van der Waals surface area (Å²) < 4.78 is 7.63. The summed E-state index contributed by atoms with van der Waals surface area (Å²) in [7, 11) is 1.61. The van der Waals surface area contributed by atoms with Gasteiger partial charge in [-0.05, 0) is 16.6 Å². The number of hydrogen-bond donors (Lipinski definition) is 1. The second-order valence-electron chi connectivity index (χ2n) is 3.68. The van der Waals surface area contributed by atoms with Gasteiger partial charge in [-0.15, -0.1) is 10.2 Å². The normalized spacial score (nSPS) is 10.4. The van der Waals surface area contributed by atoms with Crippen molar-refractivity contribution in [2.24, 2.45) is 0 Å². The van der Waals surface area contributed by atoms with E-state index in [0.717, 1.165) is 10.0 Å². The van der Waals surface area contributed by atoms with Gasteiger partial charge in [-0.25, -0.2) is 4.68 Å². The van der Waals surface area contributed by atoms with Gasteiger partial charge in [-0.1, -0.05) is 46.4 Å². The summed E-state index contributed by atoms with van der Waals surface area (Å²) in [5, 5.41) is 8.81. The van der Waals surface area contributed by atoms with E-state index < -0.39 is 0 Å². The Morgan fingerprint density at radius 2 is 2.21 bits per heavy atom. The van der Waals surface area contributed by atoms with Crippen molar-refractivity contribution in [1.29, 1.82) is 0 Å². The van der Waals surface area contributed by atoms with Gasteiger partial charge in [0.15, 0.2) is 5.82 Å². The lowest BCUT2D eigenvalue weighted by Crippen LogP contribution is -2.12. The molecule has 100 valence electrons. The molecule has 0 amide bonds. The Bertz CT molecular complexity index is 599. The van der Waals surface area contributed by atoms with Gasteiger partial charge < -0.3 is 10.6 Å². The summed E-state index contributed by atoms with van der Waals surface area (Å²) in [4.78, 5) is 0. The molecule has 0 spiro atoms. The highest BCUT2D eigenvalue weighted by atomic mass is 79.9. The van der Waals surface area contributed by atoms with Crippen LogP contribution >= 0.6 is 27.7 Å². The molecule has 5 nitrogen and oxygen atoms in total. The Morgan fingerprint density at radius 3 is 2.89 bits per heavy atom. The second-order valence-corrected chi connectivity index (χ2v) is 5.75. The Labute approximate surface area is 123 Å². The summed E-state index contributed by atoms with van der Waals surface area (Å²) in [6, 6.07) is 7.55. The Balaban J connectivity index is 2.33. The predicted octanol–water partition coefficient (Wildman–Crippen LogP) is 2.67. The number of nitrogen functional groups attached to an aromatic ring is 1. The molecule has 0 saturated heterocycles. The zero-order valence-electron chi connectivity index (χ0n) is 10.3. The highest BCUT2D eigenvalue weighted by Crippen LogP contribution is 2.29. The maximum Gasteiger partial charge on any atom is 0.210 e. The van der Waals surface area contributed by atoms with Crippen LogP contribution in [0.15, 0.2) is 40.5 Å². The van der Waals surface area contributed by atoms with Gasteiger partial charge in [0.25, 0.3) is 0 Å². The van der Waals surface area contributed by atoms with Crippen LogP contribution in [0.5, 0.6) is 5.75 Å². The fraction of sp³-hybridized carbons (Fsp3) is 0.167. The maximum atomic E-state index is 6.02. The Kier molecular flexibility index (Phi) is 4.49. The zero-order chi connectivity index (χ0) is 13.8. The molecule has 2 N–H and O–H groups in total. The number of hydrogen-bond acceptors (Lipinski definition) is 5. The van der Waals surface area contributed by atoms with Crippen molar-refractivity contribution >= 4 is 27.7 Å². The molecule has 1 aromatic heterocycles. The molecule has 0 aliphatic rings. The number of methoxy groups -OCH3 is 1. The first-order valence-corrected chi connectivity index (χ1v) is 7.21. The smallest absolute Gasteiger partial charge is 0.210 e. The van der Waals surface area contributed by atoms with Gasteiger partial charge in [0, 0.05) is 5.75 Å². The minimum absolute atomic E-state index is 0.570. The van der Waals surface area contributed by atoms with Crippen molar-refractivity contribution in [2.75, 3.05) is 18.7 Å². The summed E-state index contributed by atoms with van der Waals surface area (Å²) in [5.74, 6) is 7.98. The van der Waals surface area contributed by atoms with Gasteiger partial charge in [0.05, 0.1) is 12.7 Å². The van der Waals surface area contributed by atoms with Crippen molar-refractivity contribution in [3.05, 3.63) is 35.3 Å². The van der Waals surface area contributed by atoms with Crippen LogP contribution in [-0.2, 0) is 0 Å². The molecule has 2 rings (SSSR count). The number of ether oxygens (including phenoxy) is 1. The third-order valence-electron chi connectivity index (χ3n) is 2.37. The quantitative estimate of drug-likeness (QED) is 0.669. The highest BCUT2D eigenvalue weighted by Gasteiger charge is 2.15. The number of halogens is 1. The number of rotatable bonds is 5. The summed E-state index contributed by atoms with van der Waals surface area (Å²) in [5.41, 5.74) is 0.810. The summed E-state index contributed by atoms with van der Waals surface area (Å²) in [6.45, 7) is 3.77. The molecule has 0 unspecified atom stereocenters. The van der Waals surface area contributed by atoms with Gasteiger partial charge in [-0.3, -0.25) is 0 Å². The van der Waals surface area contributed by atoms with E-state index in [1.165, 1.54) is 16.4 Å². The van der Waals surface area contributed by atoms with Crippen LogP contribution < -0.4 is 10.6 Å². The van der Waals surface area contributed by atoms with Crippen molar-refractivity contribution < 1.29 is 4.74 Å². The molecule has 0 fully saturated rings. The Morgan fingerprint density at radius 1 is 1.47 bits per heavy atom. The van der Waals surface area contributed by atoms with Crippen molar-refractivity contribution in [3.63, 3.8) is 0 Å². The molecule has 7 heteroatoms. The maximum absolute atomic E-state index is 6.02. The van der Waals surface area contributed by atoms with E-state index in [4.69, 9.17) is 10.6 Å². The first-order valence-electron chi connectivity index (χ1n) is 5.43. The third kappa shape index (κ3) is 3.10. The van der Waals surface area contributed by atoms with Crippen LogP contribution in [0.4, 0.5) is 0 Å². The van der Waals surface area contributed by atoms with E-state index in [1.54, 1.807) is 7.11 Å². The summed E-state index contributed by atoms with van der Waals surface area (Å²) in [6.07, 6.45) is 0. The molecule has 0 aliphatic heterocycles. The number of benzene rings is 1.